The van der Waals surface area contributed by atoms with Crippen molar-refractivity contribution in [1.82, 2.24) is 4.90 Å². The number of hydrogen-bond acceptors (Lipinski definition) is 4. The van der Waals surface area contributed by atoms with E-state index in [1.807, 2.05) is 18.2 Å². The number of aliphatic hydroxyl groups excluding tert-OH is 2. The predicted octanol–water partition coefficient (Wildman–Crippen LogP) is 1.39. The van der Waals surface area contributed by atoms with E-state index < -0.39 is 0 Å². The van der Waals surface area contributed by atoms with Gasteiger partial charge in [0.2, 0.25) is 0 Å². The smallest absolute Gasteiger partial charge is 0.123 e. The minimum Gasteiger partial charge on any atom is -0.496 e. The first kappa shape index (κ1) is 15.8. The topological polar surface area (TPSA) is 52.9 Å². The fraction of sp³-hybridized carbons (Fsp3) is 0.529. The highest BCUT2D eigenvalue weighted by Gasteiger charge is 2.22. The lowest BCUT2D eigenvalue weighted by Crippen LogP contribution is -2.41. The molecule has 4 heteroatoms. The molecule has 2 rings (SSSR count). The quantitative estimate of drug-likeness (QED) is 0.822. The minimum atomic E-state index is -0.139. The summed E-state index contributed by atoms with van der Waals surface area (Å²) in [7, 11) is 1.66. The second-order valence-electron chi connectivity index (χ2n) is 5.29. The van der Waals surface area contributed by atoms with E-state index in [4.69, 9.17) is 9.84 Å². The molecule has 0 amide bonds. The van der Waals surface area contributed by atoms with Crippen LogP contribution in [0.2, 0.25) is 0 Å². The number of aliphatic hydroxyl groups is 2. The van der Waals surface area contributed by atoms with E-state index in [1.165, 1.54) is 12.8 Å². The van der Waals surface area contributed by atoms with Crippen LogP contribution in [-0.4, -0.2) is 48.0 Å². The van der Waals surface area contributed by atoms with Crippen molar-refractivity contribution in [2.24, 2.45) is 0 Å². The minimum absolute atomic E-state index is 0.139. The Morgan fingerprint density at radius 2 is 2.19 bits per heavy atom. The molecule has 1 aliphatic rings. The molecule has 1 unspecified atom stereocenters. The average Bonchev–Trinajstić information content (AvgIpc) is 2.53. The number of rotatable bonds is 4. The van der Waals surface area contributed by atoms with Gasteiger partial charge < -0.3 is 14.9 Å². The van der Waals surface area contributed by atoms with Gasteiger partial charge in [0.25, 0.3) is 0 Å². The summed E-state index contributed by atoms with van der Waals surface area (Å²) < 4.78 is 5.43. The number of ether oxygens (including phenoxy) is 1. The lowest BCUT2D eigenvalue weighted by atomic mass is 10.0. The number of nitrogens with zero attached hydrogens (tertiary/aromatic N) is 1. The number of benzene rings is 1. The zero-order chi connectivity index (χ0) is 15.1. The predicted molar refractivity (Wildman–Crippen MR) is 82.1 cm³/mol. The van der Waals surface area contributed by atoms with Crippen LogP contribution < -0.4 is 4.74 Å². The van der Waals surface area contributed by atoms with Gasteiger partial charge in [-0.3, -0.25) is 4.90 Å². The van der Waals surface area contributed by atoms with Crippen molar-refractivity contribution in [2.45, 2.75) is 31.8 Å². The number of methoxy groups -OCH3 is 1. The van der Waals surface area contributed by atoms with Crippen LogP contribution in [0, 0.1) is 11.8 Å². The Balaban J connectivity index is 2.19. The molecule has 4 nitrogen and oxygen atoms in total. The van der Waals surface area contributed by atoms with Crippen molar-refractivity contribution in [3.05, 3.63) is 29.3 Å². The molecule has 0 aliphatic carbocycles. The summed E-state index contributed by atoms with van der Waals surface area (Å²) in [6.07, 6.45) is 3.40. The Labute approximate surface area is 126 Å². The summed E-state index contributed by atoms with van der Waals surface area (Å²) in [4.78, 5) is 2.31. The van der Waals surface area contributed by atoms with Gasteiger partial charge in [-0.1, -0.05) is 18.3 Å². The Morgan fingerprint density at radius 1 is 1.33 bits per heavy atom. The molecule has 1 heterocycles. The maximum atomic E-state index is 9.51. The van der Waals surface area contributed by atoms with Gasteiger partial charge in [-0.2, -0.15) is 0 Å². The Hall–Kier alpha value is -1.54. The van der Waals surface area contributed by atoms with Gasteiger partial charge in [0, 0.05) is 23.7 Å². The van der Waals surface area contributed by atoms with Crippen LogP contribution in [0.3, 0.4) is 0 Å². The largest absolute Gasteiger partial charge is 0.496 e. The van der Waals surface area contributed by atoms with E-state index >= 15 is 0 Å². The molecule has 1 aromatic rings. The molecule has 0 radical (unpaired) electrons. The average molecular weight is 289 g/mol. The highest BCUT2D eigenvalue weighted by molar-refractivity contribution is 5.44. The van der Waals surface area contributed by atoms with Crippen molar-refractivity contribution in [3.8, 4) is 17.6 Å². The van der Waals surface area contributed by atoms with E-state index in [9.17, 15) is 5.11 Å². The van der Waals surface area contributed by atoms with Crippen LogP contribution in [-0.2, 0) is 6.54 Å². The van der Waals surface area contributed by atoms with E-state index in [0.29, 0.717) is 0 Å². The van der Waals surface area contributed by atoms with Crippen LogP contribution in [0.15, 0.2) is 18.2 Å². The van der Waals surface area contributed by atoms with E-state index in [-0.39, 0.29) is 19.3 Å². The van der Waals surface area contributed by atoms with Gasteiger partial charge in [0.15, 0.2) is 0 Å². The summed E-state index contributed by atoms with van der Waals surface area (Å²) in [6.45, 7) is 1.82. The van der Waals surface area contributed by atoms with E-state index in [0.717, 1.165) is 36.4 Å². The summed E-state index contributed by atoms with van der Waals surface area (Å²) in [5, 5.41) is 18.3. The lowest BCUT2D eigenvalue weighted by Gasteiger charge is -2.34. The molecule has 1 atom stereocenters. The van der Waals surface area contributed by atoms with Crippen LogP contribution in [0.25, 0.3) is 0 Å². The zero-order valence-corrected chi connectivity index (χ0v) is 12.5. The van der Waals surface area contributed by atoms with Gasteiger partial charge in [-0.15, -0.1) is 0 Å². The first-order chi connectivity index (χ1) is 10.3. The zero-order valence-electron chi connectivity index (χ0n) is 12.5. The summed E-state index contributed by atoms with van der Waals surface area (Å²) in [5.74, 6) is 6.43. The number of hydrogen-bond donors (Lipinski definition) is 2. The number of likely N-dealkylation sites (tertiary alicyclic amines) is 1. The normalized spacial score (nSPS) is 18.9. The molecule has 0 spiro atoms. The van der Waals surface area contributed by atoms with Crippen molar-refractivity contribution in [3.63, 3.8) is 0 Å². The third kappa shape index (κ3) is 4.21. The van der Waals surface area contributed by atoms with Crippen molar-refractivity contribution < 1.29 is 14.9 Å². The van der Waals surface area contributed by atoms with Gasteiger partial charge in [-0.05, 0) is 37.6 Å². The summed E-state index contributed by atoms with van der Waals surface area (Å²) in [6, 6.07) is 6.04. The third-order valence-electron chi connectivity index (χ3n) is 3.93. The first-order valence-corrected chi connectivity index (χ1v) is 7.40. The fourth-order valence-corrected chi connectivity index (χ4v) is 2.82. The second-order valence-corrected chi connectivity index (χ2v) is 5.29. The molecule has 0 bridgehead atoms. The molecule has 114 valence electrons. The molecular weight excluding hydrogens is 266 g/mol. The van der Waals surface area contributed by atoms with Crippen molar-refractivity contribution in [1.29, 1.82) is 0 Å². The Bertz CT molecular complexity index is 519. The molecule has 21 heavy (non-hydrogen) atoms. The van der Waals surface area contributed by atoms with Gasteiger partial charge in [0.1, 0.15) is 12.4 Å². The van der Waals surface area contributed by atoms with Crippen LogP contribution >= 0.6 is 0 Å². The molecule has 1 saturated heterocycles. The second kappa shape index (κ2) is 8.04. The Morgan fingerprint density at radius 3 is 2.90 bits per heavy atom. The molecule has 2 N–H and O–H groups in total. The fourth-order valence-electron chi connectivity index (χ4n) is 2.82. The molecular formula is C17H23NO3. The van der Waals surface area contributed by atoms with E-state index in [2.05, 4.69) is 16.7 Å². The molecule has 1 aromatic carbocycles. The highest BCUT2D eigenvalue weighted by atomic mass is 16.5. The summed E-state index contributed by atoms with van der Waals surface area (Å²) in [5.41, 5.74) is 1.94. The van der Waals surface area contributed by atoms with Crippen LogP contribution in [0.1, 0.15) is 30.4 Å². The van der Waals surface area contributed by atoms with Gasteiger partial charge >= 0.3 is 0 Å². The molecule has 1 fully saturated rings. The first-order valence-electron chi connectivity index (χ1n) is 7.40. The monoisotopic (exact) mass is 289 g/mol. The highest BCUT2D eigenvalue weighted by Crippen LogP contribution is 2.25. The Kier molecular flexibility index (Phi) is 6.06. The third-order valence-corrected chi connectivity index (χ3v) is 3.93. The molecule has 0 saturated carbocycles. The SMILES string of the molecule is COc1ccc(C#CCO)cc1CN1CCCCC1CO. The van der Waals surface area contributed by atoms with E-state index in [1.54, 1.807) is 7.11 Å². The van der Waals surface area contributed by atoms with Crippen molar-refractivity contribution in [2.75, 3.05) is 26.9 Å². The summed E-state index contributed by atoms with van der Waals surface area (Å²) >= 11 is 0. The van der Waals surface area contributed by atoms with Crippen LogP contribution in [0.5, 0.6) is 5.75 Å². The standard InChI is InChI=1S/C17H23NO3/c1-21-17-8-7-14(5-4-10-19)11-15(17)12-18-9-3-2-6-16(18)13-20/h7-8,11,16,19-20H,2-3,6,9-10,12-13H2,1H3. The molecule has 0 aromatic heterocycles. The maximum absolute atomic E-state index is 9.51. The lowest BCUT2D eigenvalue weighted by molar-refractivity contribution is 0.0834. The van der Waals surface area contributed by atoms with Gasteiger partial charge in [0.05, 0.1) is 13.7 Å². The number of piperidine rings is 1. The maximum Gasteiger partial charge on any atom is 0.123 e. The molecule has 1 aliphatic heterocycles. The van der Waals surface area contributed by atoms with Crippen LogP contribution in [0.4, 0.5) is 0 Å². The van der Waals surface area contributed by atoms with Gasteiger partial charge in [-0.25, -0.2) is 0 Å². The van der Waals surface area contributed by atoms with Crippen molar-refractivity contribution >= 4 is 0 Å².